The lowest BCUT2D eigenvalue weighted by Gasteiger charge is -2.15. The number of amides is 1. The van der Waals surface area contributed by atoms with Crippen molar-refractivity contribution in [2.24, 2.45) is 0 Å². The SMILES string of the molecule is Cc1ccc2c(c1)c(C(=O)[C@@H]1CSC(c3cccnc3)N1)c(C)n2C(=O)N(C)C.O=C(O)C(=O)O.O=C(O)C(=O)O. The van der Waals surface area contributed by atoms with Gasteiger partial charge >= 0.3 is 29.9 Å². The van der Waals surface area contributed by atoms with Crippen molar-refractivity contribution in [1.82, 2.24) is 19.8 Å². The van der Waals surface area contributed by atoms with E-state index in [4.69, 9.17) is 39.6 Å². The van der Waals surface area contributed by atoms with Crippen LogP contribution in [0, 0.1) is 13.8 Å². The van der Waals surface area contributed by atoms with Crippen molar-refractivity contribution >= 4 is 58.4 Å². The van der Waals surface area contributed by atoms with Gasteiger partial charge in [-0.2, -0.15) is 0 Å². The van der Waals surface area contributed by atoms with Crippen LogP contribution < -0.4 is 5.32 Å². The lowest BCUT2D eigenvalue weighted by Crippen LogP contribution is -2.35. The molecule has 14 nitrogen and oxygen atoms in total. The maximum Gasteiger partial charge on any atom is 0.414 e. The monoisotopic (exact) mass is 588 g/mol. The van der Waals surface area contributed by atoms with Crippen molar-refractivity contribution in [1.29, 1.82) is 0 Å². The predicted molar refractivity (Wildman–Crippen MR) is 147 cm³/mol. The number of rotatable bonds is 3. The first-order valence-corrected chi connectivity index (χ1v) is 12.8. The molecule has 0 radical (unpaired) electrons. The van der Waals surface area contributed by atoms with Crippen LogP contribution in [0.25, 0.3) is 10.9 Å². The summed E-state index contributed by atoms with van der Waals surface area (Å²) in [5, 5.41) is 33.9. The number of aliphatic carboxylic acids is 4. The molecule has 2 atom stereocenters. The van der Waals surface area contributed by atoms with E-state index in [-0.39, 0.29) is 23.2 Å². The van der Waals surface area contributed by atoms with E-state index in [1.54, 1.807) is 36.6 Å². The lowest BCUT2D eigenvalue weighted by atomic mass is 10.0. The van der Waals surface area contributed by atoms with Gasteiger partial charge in [-0.3, -0.25) is 19.7 Å². The second-order valence-corrected chi connectivity index (χ2v) is 9.94. The standard InChI is InChI=1S/C22H24N4O2S.2C2H2O4/c1-13-7-8-18-16(10-13)19(14(2)26(18)22(28)25(3)4)20(27)17-12-29-21(24-17)15-6-5-9-23-11-15;2*3-1(4)2(5)6/h5-11,17,21,24H,12H2,1-4H3;2*(H,3,4)(H,5,6)/t17-,21?;;/m0../s1. The smallest absolute Gasteiger partial charge is 0.414 e. The van der Waals surface area contributed by atoms with Gasteiger partial charge < -0.3 is 25.3 Å². The third-order valence-corrected chi connectivity index (χ3v) is 6.90. The van der Waals surface area contributed by atoms with Crippen molar-refractivity contribution in [3.63, 3.8) is 0 Å². The highest BCUT2D eigenvalue weighted by molar-refractivity contribution is 7.99. The fourth-order valence-electron chi connectivity index (χ4n) is 3.81. The third-order valence-electron chi connectivity index (χ3n) is 5.63. The number of pyridine rings is 1. The number of ketones is 1. The average molecular weight is 589 g/mol. The number of nitrogens with zero attached hydrogens (tertiary/aromatic N) is 3. The van der Waals surface area contributed by atoms with Gasteiger partial charge in [-0.25, -0.2) is 24.0 Å². The van der Waals surface area contributed by atoms with Crippen molar-refractivity contribution in [2.45, 2.75) is 25.3 Å². The molecular weight excluding hydrogens is 560 g/mol. The van der Waals surface area contributed by atoms with Crippen molar-refractivity contribution in [3.8, 4) is 0 Å². The van der Waals surface area contributed by atoms with Crippen LogP contribution >= 0.6 is 11.8 Å². The number of aromatic nitrogens is 2. The van der Waals surface area contributed by atoms with E-state index in [9.17, 15) is 9.59 Å². The highest BCUT2D eigenvalue weighted by Crippen LogP contribution is 2.35. The second-order valence-electron chi connectivity index (χ2n) is 8.80. The summed E-state index contributed by atoms with van der Waals surface area (Å²) < 4.78 is 1.64. The maximum absolute atomic E-state index is 13.5. The molecule has 1 aromatic carbocycles. The molecule has 1 saturated heterocycles. The van der Waals surface area contributed by atoms with Crippen LogP contribution in [0.1, 0.15) is 32.6 Å². The zero-order valence-corrected chi connectivity index (χ0v) is 23.2. The molecule has 41 heavy (non-hydrogen) atoms. The molecule has 5 N–H and O–H groups in total. The van der Waals surface area contributed by atoms with Crippen molar-refractivity contribution in [3.05, 3.63) is 65.1 Å². The Morgan fingerprint density at radius 1 is 0.951 bits per heavy atom. The predicted octanol–water partition coefficient (Wildman–Crippen LogP) is 2.08. The van der Waals surface area contributed by atoms with Crippen LogP contribution in [0.3, 0.4) is 0 Å². The van der Waals surface area contributed by atoms with Gasteiger partial charge in [-0.15, -0.1) is 11.8 Å². The first-order chi connectivity index (χ1) is 19.2. The van der Waals surface area contributed by atoms with Crippen LogP contribution in [-0.4, -0.2) is 96.5 Å². The molecule has 0 bridgehead atoms. The minimum Gasteiger partial charge on any atom is -0.473 e. The van der Waals surface area contributed by atoms with Gasteiger partial charge in [0.25, 0.3) is 0 Å². The summed E-state index contributed by atoms with van der Waals surface area (Å²) in [4.78, 5) is 68.5. The summed E-state index contributed by atoms with van der Waals surface area (Å²) in [6.45, 7) is 3.85. The van der Waals surface area contributed by atoms with Crippen LogP contribution in [0.15, 0.2) is 42.7 Å². The van der Waals surface area contributed by atoms with E-state index < -0.39 is 23.9 Å². The Labute approximate surface area is 237 Å². The third kappa shape index (κ3) is 8.12. The number of fused-ring (bicyclic) bond motifs is 1. The normalized spacial score (nSPS) is 15.5. The minimum atomic E-state index is -1.82. The quantitative estimate of drug-likeness (QED) is 0.219. The summed E-state index contributed by atoms with van der Waals surface area (Å²) in [5.74, 6) is -6.59. The molecule has 0 spiro atoms. The van der Waals surface area contributed by atoms with Crippen LogP contribution in [-0.2, 0) is 19.2 Å². The summed E-state index contributed by atoms with van der Waals surface area (Å²) in [5.41, 5.74) is 4.20. The molecule has 0 saturated carbocycles. The number of Topliss-reactive ketones (excluding diaryl/α,β-unsaturated/α-hetero) is 1. The molecule has 1 fully saturated rings. The molecule has 0 aliphatic carbocycles. The average Bonchev–Trinajstić information content (AvgIpc) is 3.51. The molecule has 218 valence electrons. The summed E-state index contributed by atoms with van der Waals surface area (Å²) in [7, 11) is 3.44. The minimum absolute atomic E-state index is 0.0299. The van der Waals surface area contributed by atoms with Crippen LogP contribution in [0.5, 0.6) is 0 Å². The number of hydrogen-bond acceptors (Lipinski definition) is 9. The molecule has 1 amide bonds. The van der Waals surface area contributed by atoms with E-state index in [0.29, 0.717) is 17.0 Å². The van der Waals surface area contributed by atoms with Crippen LogP contribution in [0.4, 0.5) is 4.79 Å². The van der Waals surface area contributed by atoms with Crippen molar-refractivity contribution in [2.75, 3.05) is 19.8 Å². The summed E-state index contributed by atoms with van der Waals surface area (Å²) in [6.07, 6.45) is 3.57. The molecule has 1 unspecified atom stereocenters. The largest absolute Gasteiger partial charge is 0.473 e. The Morgan fingerprint density at radius 3 is 2.02 bits per heavy atom. The molecule has 1 aliphatic rings. The highest BCUT2D eigenvalue weighted by Gasteiger charge is 2.34. The van der Waals surface area contributed by atoms with Gasteiger partial charge in [0.1, 0.15) is 0 Å². The van der Waals surface area contributed by atoms with E-state index in [2.05, 4.69) is 10.3 Å². The Bertz CT molecular complexity index is 1440. The van der Waals surface area contributed by atoms with E-state index >= 15 is 0 Å². The summed E-state index contributed by atoms with van der Waals surface area (Å²) in [6, 6.07) is 9.34. The molecule has 4 rings (SSSR count). The number of benzene rings is 1. The number of thioether (sulfide) groups is 1. The first kappa shape index (κ1) is 32.5. The molecule has 15 heteroatoms. The van der Waals surface area contributed by atoms with Gasteiger partial charge in [-0.05, 0) is 37.6 Å². The van der Waals surface area contributed by atoms with E-state index in [0.717, 1.165) is 22.0 Å². The Morgan fingerprint density at radius 2 is 1.54 bits per heavy atom. The first-order valence-electron chi connectivity index (χ1n) is 11.7. The number of carbonyl (C=O) groups is 6. The fraction of sp³-hybridized carbons (Fsp3) is 0.269. The zero-order chi connectivity index (χ0) is 31.0. The van der Waals surface area contributed by atoms with Crippen molar-refractivity contribution < 1.29 is 49.2 Å². The molecule has 3 aromatic rings. The topological polar surface area (TPSA) is 216 Å². The van der Waals surface area contributed by atoms with Gasteiger partial charge in [0.05, 0.1) is 16.9 Å². The number of hydrogen-bond donors (Lipinski definition) is 5. The zero-order valence-electron chi connectivity index (χ0n) is 22.4. The number of carboxylic acids is 4. The molecule has 2 aromatic heterocycles. The van der Waals surface area contributed by atoms with Gasteiger partial charge in [0.15, 0.2) is 5.78 Å². The number of carbonyl (C=O) groups excluding carboxylic acids is 2. The molecular formula is C26H28N4O10S. The summed E-state index contributed by atoms with van der Waals surface area (Å²) >= 11 is 1.71. The Hall–Kier alpha value is -4.76. The fourth-order valence-corrected chi connectivity index (χ4v) is 5.04. The van der Waals surface area contributed by atoms with E-state index in [1.165, 1.54) is 4.90 Å². The number of carboxylic acid groups (broad SMARTS) is 4. The Kier molecular flexibility index (Phi) is 11.1. The molecule has 3 heterocycles. The van der Waals surface area contributed by atoms with Gasteiger partial charge in [0.2, 0.25) is 0 Å². The van der Waals surface area contributed by atoms with E-state index in [1.807, 2.05) is 50.4 Å². The van der Waals surface area contributed by atoms with Crippen LogP contribution in [0.2, 0.25) is 0 Å². The number of nitrogens with one attached hydrogen (secondary N) is 1. The second kappa shape index (κ2) is 14.0. The lowest BCUT2D eigenvalue weighted by molar-refractivity contribution is -0.159. The highest BCUT2D eigenvalue weighted by atomic mass is 32.2. The number of aryl methyl sites for hydroxylation is 1. The van der Waals surface area contributed by atoms with Gasteiger partial charge in [0, 0.05) is 48.9 Å². The maximum atomic E-state index is 13.5. The van der Waals surface area contributed by atoms with Gasteiger partial charge in [-0.1, -0.05) is 17.7 Å². The molecule has 1 aliphatic heterocycles. The Balaban J connectivity index is 0.000000413.